The van der Waals surface area contributed by atoms with Gasteiger partial charge >= 0.3 is 0 Å². The molecule has 0 aromatic heterocycles. The molecule has 0 radical (unpaired) electrons. The lowest BCUT2D eigenvalue weighted by molar-refractivity contribution is 0.369. The molecule has 0 aliphatic heterocycles. The van der Waals surface area contributed by atoms with Crippen molar-refractivity contribution in [1.29, 1.82) is 0 Å². The van der Waals surface area contributed by atoms with Crippen molar-refractivity contribution in [1.82, 2.24) is 5.32 Å². The van der Waals surface area contributed by atoms with Crippen molar-refractivity contribution < 1.29 is 9.84 Å². The number of aromatic hydroxyl groups is 1. The SMILES string of the molecule is COc1cc(Br)cc(CNCCSC)c1O. The highest BCUT2D eigenvalue weighted by Gasteiger charge is 2.09. The zero-order chi connectivity index (χ0) is 12.0. The molecule has 0 aliphatic carbocycles. The fraction of sp³-hybridized carbons (Fsp3) is 0.455. The Morgan fingerprint density at radius 2 is 2.25 bits per heavy atom. The van der Waals surface area contributed by atoms with E-state index in [1.807, 2.05) is 6.07 Å². The van der Waals surface area contributed by atoms with Gasteiger partial charge in [-0.2, -0.15) is 11.8 Å². The zero-order valence-corrected chi connectivity index (χ0v) is 11.8. The minimum Gasteiger partial charge on any atom is -0.504 e. The van der Waals surface area contributed by atoms with Crippen LogP contribution < -0.4 is 10.1 Å². The number of halogens is 1. The molecule has 1 aromatic carbocycles. The normalized spacial score (nSPS) is 10.4. The van der Waals surface area contributed by atoms with Crippen LogP contribution in [0.1, 0.15) is 5.56 Å². The number of rotatable bonds is 6. The maximum atomic E-state index is 9.88. The van der Waals surface area contributed by atoms with E-state index in [2.05, 4.69) is 27.5 Å². The van der Waals surface area contributed by atoms with Gasteiger partial charge in [0.1, 0.15) is 0 Å². The highest BCUT2D eigenvalue weighted by atomic mass is 79.9. The van der Waals surface area contributed by atoms with Gasteiger partial charge in [-0.15, -0.1) is 0 Å². The van der Waals surface area contributed by atoms with Crippen LogP contribution in [-0.4, -0.2) is 30.8 Å². The molecule has 3 nitrogen and oxygen atoms in total. The first-order valence-corrected chi connectivity index (χ1v) is 7.12. The topological polar surface area (TPSA) is 41.5 Å². The molecule has 0 amide bonds. The van der Waals surface area contributed by atoms with E-state index in [4.69, 9.17) is 4.74 Å². The van der Waals surface area contributed by atoms with Gasteiger partial charge in [0.25, 0.3) is 0 Å². The molecule has 0 heterocycles. The Morgan fingerprint density at radius 3 is 2.88 bits per heavy atom. The van der Waals surface area contributed by atoms with Crippen LogP contribution in [0.2, 0.25) is 0 Å². The third-order valence-corrected chi connectivity index (χ3v) is 3.21. The molecular formula is C11H16BrNO2S. The molecule has 1 rings (SSSR count). The van der Waals surface area contributed by atoms with E-state index >= 15 is 0 Å². The summed E-state index contributed by atoms with van der Waals surface area (Å²) in [6, 6.07) is 3.64. The third kappa shape index (κ3) is 3.88. The molecule has 0 unspecified atom stereocenters. The number of ether oxygens (including phenoxy) is 1. The van der Waals surface area contributed by atoms with Gasteiger partial charge in [-0.3, -0.25) is 0 Å². The van der Waals surface area contributed by atoms with Crippen molar-refractivity contribution in [2.24, 2.45) is 0 Å². The second-order valence-electron chi connectivity index (χ2n) is 3.29. The van der Waals surface area contributed by atoms with Crippen LogP contribution in [0.4, 0.5) is 0 Å². The number of hydrogen-bond donors (Lipinski definition) is 2. The van der Waals surface area contributed by atoms with Crippen LogP contribution >= 0.6 is 27.7 Å². The van der Waals surface area contributed by atoms with E-state index < -0.39 is 0 Å². The Labute approximate surface area is 109 Å². The Kier molecular flexibility index (Phi) is 6.01. The summed E-state index contributed by atoms with van der Waals surface area (Å²) in [6.07, 6.45) is 2.07. The van der Waals surface area contributed by atoms with E-state index in [1.54, 1.807) is 24.9 Å². The highest BCUT2D eigenvalue weighted by Crippen LogP contribution is 2.33. The van der Waals surface area contributed by atoms with E-state index in [9.17, 15) is 5.11 Å². The number of phenolic OH excluding ortho intramolecular Hbond substituents is 1. The van der Waals surface area contributed by atoms with Crippen molar-refractivity contribution in [3.05, 3.63) is 22.2 Å². The minimum atomic E-state index is 0.211. The molecule has 0 bridgehead atoms. The number of benzene rings is 1. The summed E-state index contributed by atoms with van der Waals surface area (Å²) in [4.78, 5) is 0. The summed E-state index contributed by atoms with van der Waals surface area (Å²) < 4.78 is 5.99. The Balaban J connectivity index is 2.67. The van der Waals surface area contributed by atoms with Crippen LogP contribution in [-0.2, 0) is 6.54 Å². The molecule has 1 aromatic rings. The standard InChI is InChI=1S/C11H16BrNO2S/c1-15-10-6-9(12)5-8(11(10)14)7-13-3-4-16-2/h5-6,13-14H,3-4,7H2,1-2H3. The molecule has 5 heteroatoms. The van der Waals surface area contributed by atoms with E-state index in [1.165, 1.54) is 0 Å². The summed E-state index contributed by atoms with van der Waals surface area (Å²) in [5.74, 6) is 1.77. The summed E-state index contributed by atoms with van der Waals surface area (Å²) in [5.41, 5.74) is 0.840. The minimum absolute atomic E-state index is 0.211. The van der Waals surface area contributed by atoms with Gasteiger partial charge in [0.15, 0.2) is 11.5 Å². The first kappa shape index (κ1) is 13.7. The fourth-order valence-corrected chi connectivity index (χ4v) is 2.15. The molecule has 16 heavy (non-hydrogen) atoms. The summed E-state index contributed by atoms with van der Waals surface area (Å²) >= 11 is 5.18. The molecule has 0 saturated carbocycles. The largest absolute Gasteiger partial charge is 0.504 e. The maximum absolute atomic E-state index is 9.88. The lowest BCUT2D eigenvalue weighted by Crippen LogP contribution is -2.16. The molecule has 0 saturated heterocycles. The van der Waals surface area contributed by atoms with Gasteiger partial charge in [-0.05, 0) is 18.4 Å². The van der Waals surface area contributed by atoms with Crippen LogP contribution in [0.15, 0.2) is 16.6 Å². The van der Waals surface area contributed by atoms with Crippen molar-refractivity contribution in [3.8, 4) is 11.5 Å². The highest BCUT2D eigenvalue weighted by molar-refractivity contribution is 9.10. The van der Waals surface area contributed by atoms with E-state index in [-0.39, 0.29) is 5.75 Å². The monoisotopic (exact) mass is 305 g/mol. The van der Waals surface area contributed by atoms with E-state index in [0.29, 0.717) is 12.3 Å². The summed E-state index contributed by atoms with van der Waals surface area (Å²) in [5, 5.41) is 13.1. The smallest absolute Gasteiger partial charge is 0.162 e. The van der Waals surface area contributed by atoms with Gasteiger partial charge < -0.3 is 15.2 Å². The molecule has 0 fully saturated rings. The Bertz CT molecular complexity index is 347. The molecule has 90 valence electrons. The van der Waals surface area contributed by atoms with Crippen LogP contribution in [0.3, 0.4) is 0 Å². The van der Waals surface area contributed by atoms with Gasteiger partial charge in [-0.25, -0.2) is 0 Å². The average molecular weight is 306 g/mol. The average Bonchev–Trinajstić information content (AvgIpc) is 2.28. The second-order valence-corrected chi connectivity index (χ2v) is 5.19. The molecular weight excluding hydrogens is 290 g/mol. The van der Waals surface area contributed by atoms with E-state index in [0.717, 1.165) is 22.3 Å². The molecule has 0 atom stereocenters. The maximum Gasteiger partial charge on any atom is 0.162 e. The van der Waals surface area contributed by atoms with Crippen LogP contribution in [0.25, 0.3) is 0 Å². The number of phenols is 1. The van der Waals surface area contributed by atoms with Gasteiger partial charge in [0, 0.05) is 28.9 Å². The predicted octanol–water partition coefficient (Wildman–Crippen LogP) is 2.62. The summed E-state index contributed by atoms with van der Waals surface area (Å²) in [6.45, 7) is 1.57. The lowest BCUT2D eigenvalue weighted by atomic mass is 10.2. The van der Waals surface area contributed by atoms with Gasteiger partial charge in [0.2, 0.25) is 0 Å². The number of methoxy groups -OCH3 is 1. The quantitative estimate of drug-likeness (QED) is 0.793. The number of thioether (sulfide) groups is 1. The van der Waals surface area contributed by atoms with Gasteiger partial charge in [-0.1, -0.05) is 15.9 Å². The van der Waals surface area contributed by atoms with Crippen LogP contribution in [0.5, 0.6) is 11.5 Å². The number of hydrogen-bond acceptors (Lipinski definition) is 4. The Hall–Kier alpha value is -0.390. The summed E-state index contributed by atoms with van der Waals surface area (Å²) in [7, 11) is 1.55. The van der Waals surface area contributed by atoms with Crippen molar-refractivity contribution >= 4 is 27.7 Å². The van der Waals surface area contributed by atoms with Crippen LogP contribution in [0, 0.1) is 0 Å². The first-order chi connectivity index (χ1) is 7.69. The lowest BCUT2D eigenvalue weighted by Gasteiger charge is -2.10. The van der Waals surface area contributed by atoms with Crippen molar-refractivity contribution in [2.45, 2.75) is 6.54 Å². The van der Waals surface area contributed by atoms with Crippen molar-refractivity contribution in [3.63, 3.8) is 0 Å². The molecule has 0 aliphatic rings. The molecule has 0 spiro atoms. The number of nitrogens with one attached hydrogen (secondary N) is 1. The second kappa shape index (κ2) is 7.04. The molecule has 2 N–H and O–H groups in total. The van der Waals surface area contributed by atoms with Crippen molar-refractivity contribution in [2.75, 3.05) is 25.7 Å². The van der Waals surface area contributed by atoms with Gasteiger partial charge in [0.05, 0.1) is 7.11 Å². The zero-order valence-electron chi connectivity index (χ0n) is 9.42. The third-order valence-electron chi connectivity index (χ3n) is 2.14. The fourth-order valence-electron chi connectivity index (χ4n) is 1.32. The first-order valence-electron chi connectivity index (χ1n) is 4.94. The predicted molar refractivity (Wildman–Crippen MR) is 72.4 cm³/mol. The Morgan fingerprint density at radius 1 is 1.50 bits per heavy atom.